The highest BCUT2D eigenvalue weighted by molar-refractivity contribution is 5.69. The van der Waals surface area contributed by atoms with E-state index in [1.54, 1.807) is 0 Å². The molecule has 0 atom stereocenters. The normalized spacial score (nSPS) is 8.55. The molecule has 0 amide bonds. The Morgan fingerprint density at radius 3 is 2.36 bits per heavy atom. The number of carbonyl (C=O) groups excluding carboxylic acids is 1. The van der Waals surface area contributed by atoms with Gasteiger partial charge < -0.3 is 10.9 Å². The fourth-order valence-corrected chi connectivity index (χ4v) is 0.609. The van der Waals surface area contributed by atoms with Crippen LogP contribution in [-0.2, 0) is 9.53 Å². The third kappa shape index (κ3) is 9.43. The zero-order valence-electron chi connectivity index (χ0n) is 7.56. The molecule has 0 aliphatic carbocycles. The molecule has 3 nitrogen and oxygen atoms in total. The molecule has 0 aliphatic heterocycles. The summed E-state index contributed by atoms with van der Waals surface area (Å²) >= 11 is 0. The largest absolute Gasteiger partial charge is 0.466 e. The molecule has 0 bridgehead atoms. The standard InChI is InChI=1S/C8H16O2.H3N/c1-3-5-6-8(9)10-7-4-2;/h3-7H2,1-2H3;1H3. The van der Waals surface area contributed by atoms with Crippen molar-refractivity contribution in [2.75, 3.05) is 6.61 Å². The third-order valence-corrected chi connectivity index (χ3v) is 1.20. The minimum absolute atomic E-state index is 0. The maximum atomic E-state index is 10.7. The van der Waals surface area contributed by atoms with Crippen LogP contribution in [0.4, 0.5) is 0 Å². The van der Waals surface area contributed by atoms with Gasteiger partial charge in [-0.3, -0.25) is 4.79 Å². The molecule has 0 aromatic heterocycles. The number of carbonyl (C=O) groups is 1. The topological polar surface area (TPSA) is 61.3 Å². The Bertz CT molecular complexity index is 84.1. The van der Waals surface area contributed by atoms with Crippen molar-refractivity contribution in [2.45, 2.75) is 39.5 Å². The van der Waals surface area contributed by atoms with E-state index in [1.165, 1.54) is 0 Å². The zero-order chi connectivity index (χ0) is 7.82. The van der Waals surface area contributed by atoms with Crippen molar-refractivity contribution >= 4 is 5.97 Å². The third-order valence-electron chi connectivity index (χ3n) is 1.20. The number of unbranched alkanes of at least 4 members (excludes halogenated alkanes) is 1. The van der Waals surface area contributed by atoms with Gasteiger partial charge in [-0.2, -0.15) is 0 Å². The van der Waals surface area contributed by atoms with Gasteiger partial charge in [-0.15, -0.1) is 0 Å². The van der Waals surface area contributed by atoms with Crippen LogP contribution in [0.1, 0.15) is 39.5 Å². The van der Waals surface area contributed by atoms with Crippen LogP contribution in [-0.4, -0.2) is 12.6 Å². The maximum absolute atomic E-state index is 10.7. The number of esters is 1. The van der Waals surface area contributed by atoms with Crippen molar-refractivity contribution in [1.82, 2.24) is 6.15 Å². The van der Waals surface area contributed by atoms with Gasteiger partial charge in [0.1, 0.15) is 0 Å². The van der Waals surface area contributed by atoms with Crippen molar-refractivity contribution in [3.63, 3.8) is 0 Å². The van der Waals surface area contributed by atoms with Gasteiger partial charge in [-0.1, -0.05) is 20.3 Å². The first-order valence-corrected chi connectivity index (χ1v) is 3.96. The summed E-state index contributed by atoms with van der Waals surface area (Å²) < 4.78 is 4.85. The molecule has 0 spiro atoms. The SMILES string of the molecule is CCCCC(=O)OCCC.N. The van der Waals surface area contributed by atoms with Crippen LogP contribution in [0, 0.1) is 0 Å². The molecule has 0 unspecified atom stereocenters. The Balaban J connectivity index is 0. The Hall–Kier alpha value is -0.570. The first-order valence-electron chi connectivity index (χ1n) is 3.96. The summed E-state index contributed by atoms with van der Waals surface area (Å²) in [6.45, 7) is 4.63. The highest BCUT2D eigenvalue weighted by atomic mass is 16.5. The average Bonchev–Trinajstić information content (AvgIpc) is 1.97. The molecule has 0 rings (SSSR count). The van der Waals surface area contributed by atoms with Gasteiger partial charge in [-0.05, 0) is 12.8 Å². The number of ether oxygens (including phenoxy) is 1. The van der Waals surface area contributed by atoms with Crippen LogP contribution in [0.15, 0.2) is 0 Å². The summed E-state index contributed by atoms with van der Waals surface area (Å²) in [4.78, 5) is 10.7. The van der Waals surface area contributed by atoms with Crippen LogP contribution in [0.25, 0.3) is 0 Å². The second-order valence-electron chi connectivity index (χ2n) is 2.32. The van der Waals surface area contributed by atoms with Crippen LogP contribution >= 0.6 is 0 Å². The molecule has 0 heterocycles. The van der Waals surface area contributed by atoms with E-state index < -0.39 is 0 Å². The van der Waals surface area contributed by atoms with Crippen LogP contribution in [0.3, 0.4) is 0 Å². The number of hydrogen-bond donors (Lipinski definition) is 1. The van der Waals surface area contributed by atoms with Crippen molar-refractivity contribution < 1.29 is 9.53 Å². The summed E-state index contributed by atoms with van der Waals surface area (Å²) in [5, 5.41) is 0. The average molecular weight is 161 g/mol. The van der Waals surface area contributed by atoms with E-state index in [4.69, 9.17) is 4.74 Å². The van der Waals surface area contributed by atoms with Gasteiger partial charge in [0.05, 0.1) is 6.61 Å². The van der Waals surface area contributed by atoms with Gasteiger partial charge in [-0.25, -0.2) is 0 Å². The summed E-state index contributed by atoms with van der Waals surface area (Å²) in [5.41, 5.74) is 0. The Kier molecular flexibility index (Phi) is 11.2. The molecule has 0 fully saturated rings. The molecule has 0 aromatic rings. The fourth-order valence-electron chi connectivity index (χ4n) is 0.609. The smallest absolute Gasteiger partial charge is 0.305 e. The fraction of sp³-hybridized carbons (Fsp3) is 0.875. The second kappa shape index (κ2) is 9.43. The molecule has 0 saturated heterocycles. The van der Waals surface area contributed by atoms with Crippen LogP contribution in [0.5, 0.6) is 0 Å². The molecule has 0 aromatic carbocycles. The van der Waals surface area contributed by atoms with Crippen molar-refractivity contribution in [1.29, 1.82) is 0 Å². The lowest BCUT2D eigenvalue weighted by molar-refractivity contribution is -0.143. The summed E-state index contributed by atoms with van der Waals surface area (Å²) in [5.74, 6) is -0.0521. The van der Waals surface area contributed by atoms with Crippen molar-refractivity contribution in [3.05, 3.63) is 0 Å². The Morgan fingerprint density at radius 1 is 1.27 bits per heavy atom. The van der Waals surface area contributed by atoms with E-state index in [-0.39, 0.29) is 12.1 Å². The summed E-state index contributed by atoms with van der Waals surface area (Å²) in [6, 6.07) is 0. The minimum atomic E-state index is -0.0521. The predicted octanol–water partition coefficient (Wildman–Crippen LogP) is 2.29. The first-order chi connectivity index (χ1) is 4.81. The van der Waals surface area contributed by atoms with Gasteiger partial charge >= 0.3 is 5.97 Å². The van der Waals surface area contributed by atoms with Crippen molar-refractivity contribution in [3.8, 4) is 0 Å². The summed E-state index contributed by atoms with van der Waals surface area (Å²) in [7, 11) is 0. The van der Waals surface area contributed by atoms with E-state index in [1.807, 2.05) is 6.92 Å². The van der Waals surface area contributed by atoms with Crippen molar-refractivity contribution in [2.24, 2.45) is 0 Å². The lowest BCUT2D eigenvalue weighted by Gasteiger charge is -2.00. The monoisotopic (exact) mass is 161 g/mol. The van der Waals surface area contributed by atoms with Gasteiger partial charge in [0.15, 0.2) is 0 Å². The van der Waals surface area contributed by atoms with E-state index in [9.17, 15) is 4.79 Å². The zero-order valence-corrected chi connectivity index (χ0v) is 7.56. The van der Waals surface area contributed by atoms with Gasteiger partial charge in [0.25, 0.3) is 0 Å². The summed E-state index contributed by atoms with van der Waals surface area (Å²) in [6.07, 6.45) is 3.50. The quantitative estimate of drug-likeness (QED) is 0.629. The molecule has 0 saturated carbocycles. The van der Waals surface area contributed by atoms with E-state index in [2.05, 4.69) is 6.92 Å². The maximum Gasteiger partial charge on any atom is 0.305 e. The lowest BCUT2D eigenvalue weighted by Crippen LogP contribution is -2.04. The highest BCUT2D eigenvalue weighted by Crippen LogP contribution is 1.96. The first kappa shape index (κ1) is 13.1. The second-order valence-corrected chi connectivity index (χ2v) is 2.32. The van der Waals surface area contributed by atoms with E-state index >= 15 is 0 Å². The van der Waals surface area contributed by atoms with E-state index in [0.717, 1.165) is 19.3 Å². The number of rotatable bonds is 5. The van der Waals surface area contributed by atoms with E-state index in [0.29, 0.717) is 13.0 Å². The molecule has 3 N–H and O–H groups in total. The minimum Gasteiger partial charge on any atom is -0.466 e. The molecular weight excluding hydrogens is 142 g/mol. The molecule has 11 heavy (non-hydrogen) atoms. The van der Waals surface area contributed by atoms with Crippen LogP contribution in [0.2, 0.25) is 0 Å². The number of hydrogen-bond acceptors (Lipinski definition) is 3. The molecular formula is C8H19NO2. The van der Waals surface area contributed by atoms with Gasteiger partial charge in [0, 0.05) is 6.42 Å². The van der Waals surface area contributed by atoms with Gasteiger partial charge in [0.2, 0.25) is 0 Å². The van der Waals surface area contributed by atoms with Crippen LogP contribution < -0.4 is 6.15 Å². The lowest BCUT2D eigenvalue weighted by atomic mass is 10.2. The molecule has 0 radical (unpaired) electrons. The Morgan fingerprint density at radius 2 is 1.91 bits per heavy atom. The molecule has 3 heteroatoms. The molecule has 0 aliphatic rings. The highest BCUT2D eigenvalue weighted by Gasteiger charge is 1.98. The Labute approximate surface area is 68.7 Å². The predicted molar refractivity (Wildman–Crippen MR) is 45.8 cm³/mol. The molecule has 68 valence electrons.